The molecule has 1 amide bonds. The molecule has 1 aliphatic rings. The average molecular weight is 342 g/mol. The number of ether oxygens (including phenoxy) is 1. The van der Waals surface area contributed by atoms with E-state index in [1.54, 1.807) is 18.9 Å². The highest BCUT2D eigenvalue weighted by atomic mass is 32.2. The van der Waals surface area contributed by atoms with Gasteiger partial charge in [0.15, 0.2) is 0 Å². The first kappa shape index (κ1) is 16.9. The SMILES string of the molecule is COCCNc1ccccc1CNC(=O)[C@@H]1CSc2ccccc21. The number of para-hydroxylation sites is 1. The van der Waals surface area contributed by atoms with Crippen LogP contribution in [0.25, 0.3) is 0 Å². The molecule has 0 fully saturated rings. The molecule has 0 saturated heterocycles. The molecule has 0 saturated carbocycles. The Morgan fingerprint density at radius 1 is 1.21 bits per heavy atom. The highest BCUT2D eigenvalue weighted by molar-refractivity contribution is 7.99. The maximum atomic E-state index is 12.6. The van der Waals surface area contributed by atoms with Crippen molar-refractivity contribution in [2.45, 2.75) is 17.4 Å². The Balaban J connectivity index is 1.61. The minimum Gasteiger partial charge on any atom is -0.383 e. The second kappa shape index (κ2) is 8.22. The number of anilines is 1. The fourth-order valence-corrected chi connectivity index (χ4v) is 4.05. The number of thioether (sulfide) groups is 1. The van der Waals surface area contributed by atoms with Crippen LogP contribution in [0, 0.1) is 0 Å². The van der Waals surface area contributed by atoms with Crippen LogP contribution in [-0.2, 0) is 16.1 Å². The van der Waals surface area contributed by atoms with E-state index in [1.165, 1.54) is 4.90 Å². The molecule has 3 rings (SSSR count). The quantitative estimate of drug-likeness (QED) is 0.759. The molecule has 0 aliphatic carbocycles. The van der Waals surface area contributed by atoms with Crippen LogP contribution in [-0.4, -0.2) is 31.9 Å². The zero-order chi connectivity index (χ0) is 16.8. The van der Waals surface area contributed by atoms with Crippen LogP contribution in [0.3, 0.4) is 0 Å². The molecule has 0 unspecified atom stereocenters. The Morgan fingerprint density at radius 2 is 2.00 bits per heavy atom. The third kappa shape index (κ3) is 3.91. The van der Waals surface area contributed by atoms with Crippen molar-refractivity contribution in [3.05, 3.63) is 59.7 Å². The minimum atomic E-state index is -0.0557. The predicted molar refractivity (Wildman–Crippen MR) is 98.6 cm³/mol. The fraction of sp³-hybridized carbons (Fsp3) is 0.316. The maximum absolute atomic E-state index is 12.6. The Morgan fingerprint density at radius 3 is 2.88 bits per heavy atom. The average Bonchev–Trinajstić information content (AvgIpc) is 3.05. The molecular weight excluding hydrogens is 320 g/mol. The summed E-state index contributed by atoms with van der Waals surface area (Å²) >= 11 is 1.76. The lowest BCUT2D eigenvalue weighted by molar-refractivity contribution is -0.122. The number of amides is 1. The van der Waals surface area contributed by atoms with E-state index in [2.05, 4.69) is 22.8 Å². The van der Waals surface area contributed by atoms with E-state index in [1.807, 2.05) is 36.4 Å². The molecular formula is C19H22N2O2S. The van der Waals surface area contributed by atoms with E-state index in [0.717, 1.165) is 29.1 Å². The highest BCUT2D eigenvalue weighted by Gasteiger charge is 2.28. The number of hydrogen-bond acceptors (Lipinski definition) is 4. The molecule has 1 atom stereocenters. The number of methoxy groups -OCH3 is 1. The van der Waals surface area contributed by atoms with Gasteiger partial charge in [-0.1, -0.05) is 36.4 Å². The van der Waals surface area contributed by atoms with Crippen LogP contribution in [0.5, 0.6) is 0 Å². The molecule has 2 aromatic carbocycles. The van der Waals surface area contributed by atoms with E-state index >= 15 is 0 Å². The summed E-state index contributed by atoms with van der Waals surface area (Å²) in [5.74, 6) is 0.859. The van der Waals surface area contributed by atoms with Gasteiger partial charge >= 0.3 is 0 Å². The van der Waals surface area contributed by atoms with Crippen molar-refractivity contribution < 1.29 is 9.53 Å². The molecule has 5 heteroatoms. The van der Waals surface area contributed by atoms with Gasteiger partial charge in [0.05, 0.1) is 12.5 Å². The monoisotopic (exact) mass is 342 g/mol. The fourth-order valence-electron chi connectivity index (χ4n) is 2.82. The van der Waals surface area contributed by atoms with Crippen molar-refractivity contribution in [3.63, 3.8) is 0 Å². The summed E-state index contributed by atoms with van der Waals surface area (Å²) in [6.45, 7) is 1.92. The van der Waals surface area contributed by atoms with Crippen molar-refractivity contribution in [1.29, 1.82) is 0 Å². The van der Waals surface area contributed by atoms with Crippen LogP contribution in [0.15, 0.2) is 53.4 Å². The Labute approximate surface area is 147 Å². The van der Waals surface area contributed by atoms with E-state index in [4.69, 9.17) is 4.74 Å². The van der Waals surface area contributed by atoms with Gasteiger partial charge in [-0.15, -0.1) is 11.8 Å². The van der Waals surface area contributed by atoms with E-state index in [9.17, 15) is 4.79 Å². The molecule has 0 aromatic heterocycles. The maximum Gasteiger partial charge on any atom is 0.228 e. The summed E-state index contributed by atoms with van der Waals surface area (Å²) in [5.41, 5.74) is 3.27. The standard InChI is InChI=1S/C19H22N2O2S/c1-23-11-10-20-17-8-4-2-6-14(17)12-21-19(22)16-13-24-18-9-5-3-7-15(16)18/h2-9,16,20H,10-13H2,1H3,(H,21,22)/t16-/m1/s1. The second-order valence-electron chi connectivity index (χ2n) is 5.70. The molecule has 0 spiro atoms. The van der Waals surface area contributed by atoms with E-state index in [0.29, 0.717) is 13.2 Å². The lowest BCUT2D eigenvalue weighted by atomic mass is 10.0. The lowest BCUT2D eigenvalue weighted by Crippen LogP contribution is -2.29. The third-order valence-electron chi connectivity index (χ3n) is 4.11. The lowest BCUT2D eigenvalue weighted by Gasteiger charge is -2.15. The molecule has 2 N–H and O–H groups in total. The van der Waals surface area contributed by atoms with Crippen LogP contribution in [0.2, 0.25) is 0 Å². The largest absolute Gasteiger partial charge is 0.383 e. The van der Waals surface area contributed by atoms with Gasteiger partial charge in [-0.3, -0.25) is 4.79 Å². The summed E-state index contributed by atoms with van der Waals surface area (Å²) in [6.07, 6.45) is 0. The topological polar surface area (TPSA) is 50.4 Å². The van der Waals surface area contributed by atoms with Gasteiger partial charge in [0.2, 0.25) is 5.91 Å². The third-order valence-corrected chi connectivity index (χ3v) is 5.29. The van der Waals surface area contributed by atoms with Gasteiger partial charge in [-0.25, -0.2) is 0 Å². The van der Waals surface area contributed by atoms with Crippen molar-refractivity contribution in [2.24, 2.45) is 0 Å². The van der Waals surface area contributed by atoms with Crippen molar-refractivity contribution in [1.82, 2.24) is 5.32 Å². The van der Waals surface area contributed by atoms with Crippen LogP contribution < -0.4 is 10.6 Å². The highest BCUT2D eigenvalue weighted by Crippen LogP contribution is 2.39. The minimum absolute atomic E-state index is 0.0557. The molecule has 0 bridgehead atoms. The zero-order valence-electron chi connectivity index (χ0n) is 13.7. The van der Waals surface area contributed by atoms with Gasteiger partial charge in [-0.2, -0.15) is 0 Å². The summed E-state index contributed by atoms with van der Waals surface area (Å²) in [5, 5.41) is 6.43. The number of carbonyl (C=O) groups is 1. The van der Waals surface area contributed by atoms with Crippen molar-refractivity contribution in [3.8, 4) is 0 Å². The molecule has 2 aromatic rings. The Hall–Kier alpha value is -1.98. The number of carbonyl (C=O) groups excluding carboxylic acids is 1. The number of rotatable bonds is 7. The summed E-state index contributed by atoms with van der Waals surface area (Å²) in [6, 6.07) is 16.2. The van der Waals surface area contributed by atoms with E-state index in [-0.39, 0.29) is 11.8 Å². The number of benzene rings is 2. The van der Waals surface area contributed by atoms with Gasteiger partial charge in [0.1, 0.15) is 0 Å². The van der Waals surface area contributed by atoms with Crippen LogP contribution >= 0.6 is 11.8 Å². The van der Waals surface area contributed by atoms with Crippen LogP contribution in [0.1, 0.15) is 17.0 Å². The first-order chi connectivity index (χ1) is 11.8. The van der Waals surface area contributed by atoms with Gasteiger partial charge in [-0.05, 0) is 23.3 Å². The zero-order valence-corrected chi connectivity index (χ0v) is 14.6. The molecule has 1 heterocycles. The smallest absolute Gasteiger partial charge is 0.228 e. The summed E-state index contributed by atoms with van der Waals surface area (Å²) in [4.78, 5) is 13.8. The summed E-state index contributed by atoms with van der Waals surface area (Å²) in [7, 11) is 1.69. The predicted octanol–water partition coefficient (Wildman–Crippen LogP) is 3.25. The first-order valence-electron chi connectivity index (χ1n) is 8.09. The summed E-state index contributed by atoms with van der Waals surface area (Å²) < 4.78 is 5.07. The van der Waals surface area contributed by atoms with Gasteiger partial charge < -0.3 is 15.4 Å². The van der Waals surface area contributed by atoms with Crippen molar-refractivity contribution in [2.75, 3.05) is 31.3 Å². The molecule has 126 valence electrons. The normalized spacial score (nSPS) is 15.8. The molecule has 4 nitrogen and oxygen atoms in total. The van der Waals surface area contributed by atoms with Crippen LogP contribution in [0.4, 0.5) is 5.69 Å². The van der Waals surface area contributed by atoms with Gasteiger partial charge in [0, 0.05) is 36.5 Å². The Kier molecular flexibility index (Phi) is 5.77. The number of nitrogens with one attached hydrogen (secondary N) is 2. The molecule has 1 aliphatic heterocycles. The van der Waals surface area contributed by atoms with Gasteiger partial charge in [0.25, 0.3) is 0 Å². The number of hydrogen-bond donors (Lipinski definition) is 2. The van der Waals surface area contributed by atoms with Crippen molar-refractivity contribution >= 4 is 23.4 Å². The second-order valence-corrected chi connectivity index (χ2v) is 6.76. The molecule has 24 heavy (non-hydrogen) atoms. The van der Waals surface area contributed by atoms with E-state index < -0.39 is 0 Å². The Bertz CT molecular complexity index is 705. The molecule has 0 radical (unpaired) electrons. The number of fused-ring (bicyclic) bond motifs is 1. The first-order valence-corrected chi connectivity index (χ1v) is 9.08.